The first kappa shape index (κ1) is 19.9. The number of esters is 1. The summed E-state index contributed by atoms with van der Waals surface area (Å²) in [5, 5.41) is 0. The van der Waals surface area contributed by atoms with E-state index < -0.39 is 28.6 Å². The van der Waals surface area contributed by atoms with E-state index in [2.05, 4.69) is 38.1 Å². The molecule has 5 heteroatoms. The van der Waals surface area contributed by atoms with Crippen LogP contribution in [-0.2, 0) is 25.2 Å². The number of rotatable bonds is 2. The number of imide groups is 1. The number of carbonyl (C=O) groups is 3. The fraction of sp³-hybridized carbons (Fsp3) is 0.250. The summed E-state index contributed by atoms with van der Waals surface area (Å²) in [7, 11) is 1.32. The molecule has 3 aromatic rings. The van der Waals surface area contributed by atoms with E-state index in [-0.39, 0.29) is 11.8 Å². The molecule has 3 aliphatic carbocycles. The average molecular weight is 437 g/mol. The first-order valence-electron chi connectivity index (χ1n) is 11.1. The molecule has 2 bridgehead atoms. The highest BCUT2D eigenvalue weighted by atomic mass is 16.5. The smallest absolute Gasteiger partial charge is 0.337 e. The van der Waals surface area contributed by atoms with Crippen molar-refractivity contribution < 1.29 is 19.1 Å². The van der Waals surface area contributed by atoms with Crippen LogP contribution in [0.4, 0.5) is 5.69 Å². The summed E-state index contributed by atoms with van der Waals surface area (Å²) in [4.78, 5) is 41.2. The fourth-order valence-corrected chi connectivity index (χ4v) is 6.69. The molecule has 2 amide bonds. The summed E-state index contributed by atoms with van der Waals surface area (Å²) in [6.45, 7) is 4.21. The number of hydrogen-bond donors (Lipinski definition) is 0. The number of amides is 2. The Hall–Kier alpha value is -3.73. The number of nitrogens with zero attached hydrogens (tertiary/aromatic N) is 1. The lowest BCUT2D eigenvalue weighted by Crippen LogP contribution is -2.59. The van der Waals surface area contributed by atoms with Crippen LogP contribution in [0.25, 0.3) is 0 Å². The number of carbonyl (C=O) groups excluding carboxylic acids is 3. The maximum atomic E-state index is 14.0. The van der Waals surface area contributed by atoms with Crippen LogP contribution < -0.4 is 4.90 Å². The Labute approximate surface area is 192 Å². The minimum Gasteiger partial charge on any atom is -0.465 e. The summed E-state index contributed by atoms with van der Waals surface area (Å²) in [5.41, 5.74) is 4.12. The van der Waals surface area contributed by atoms with Crippen LogP contribution in [0, 0.1) is 11.8 Å². The van der Waals surface area contributed by atoms with Crippen molar-refractivity contribution in [3.63, 3.8) is 0 Å². The van der Waals surface area contributed by atoms with Crippen LogP contribution in [0.2, 0.25) is 0 Å². The maximum absolute atomic E-state index is 14.0. The van der Waals surface area contributed by atoms with Crippen molar-refractivity contribution in [1.82, 2.24) is 0 Å². The topological polar surface area (TPSA) is 63.7 Å². The van der Waals surface area contributed by atoms with Crippen LogP contribution in [0.15, 0.2) is 72.8 Å². The zero-order chi connectivity index (χ0) is 23.1. The molecule has 164 valence electrons. The van der Waals surface area contributed by atoms with Crippen molar-refractivity contribution >= 4 is 23.5 Å². The lowest BCUT2D eigenvalue weighted by atomic mass is 9.42. The van der Waals surface area contributed by atoms with Crippen LogP contribution in [0.1, 0.15) is 46.5 Å². The molecule has 1 heterocycles. The lowest BCUT2D eigenvalue weighted by molar-refractivity contribution is -0.124. The molecule has 33 heavy (non-hydrogen) atoms. The van der Waals surface area contributed by atoms with Crippen molar-refractivity contribution in [3.05, 3.63) is 101 Å². The molecule has 1 saturated heterocycles. The summed E-state index contributed by atoms with van der Waals surface area (Å²) in [5.74, 6) is -1.83. The van der Waals surface area contributed by atoms with Crippen LogP contribution in [0.3, 0.4) is 0 Å². The van der Waals surface area contributed by atoms with Crippen molar-refractivity contribution in [3.8, 4) is 0 Å². The Morgan fingerprint density at radius 2 is 1.12 bits per heavy atom. The third-order valence-corrected chi connectivity index (χ3v) is 8.19. The molecule has 0 radical (unpaired) electrons. The van der Waals surface area contributed by atoms with Crippen LogP contribution in [-0.4, -0.2) is 24.9 Å². The maximum Gasteiger partial charge on any atom is 0.337 e. The molecule has 5 nitrogen and oxygen atoms in total. The van der Waals surface area contributed by atoms with E-state index in [1.165, 1.54) is 12.0 Å². The predicted molar refractivity (Wildman–Crippen MR) is 123 cm³/mol. The Morgan fingerprint density at radius 3 is 1.48 bits per heavy atom. The number of anilines is 1. The highest BCUT2D eigenvalue weighted by molar-refractivity contribution is 6.24. The molecule has 3 aromatic carbocycles. The summed E-state index contributed by atoms with van der Waals surface area (Å²) in [6, 6.07) is 22.9. The molecule has 7 rings (SSSR count). The van der Waals surface area contributed by atoms with E-state index in [9.17, 15) is 14.4 Å². The van der Waals surface area contributed by atoms with Crippen molar-refractivity contribution in [1.29, 1.82) is 0 Å². The lowest BCUT2D eigenvalue weighted by Gasteiger charge is -2.57. The van der Waals surface area contributed by atoms with Gasteiger partial charge in [0.15, 0.2) is 0 Å². The largest absolute Gasteiger partial charge is 0.465 e. The number of benzene rings is 3. The second kappa shape index (κ2) is 6.41. The van der Waals surface area contributed by atoms with Crippen LogP contribution >= 0.6 is 0 Å². The Morgan fingerprint density at radius 1 is 0.727 bits per heavy atom. The molecular formula is C28H23NO4. The van der Waals surface area contributed by atoms with Gasteiger partial charge in [-0.15, -0.1) is 0 Å². The molecule has 0 spiro atoms. The van der Waals surface area contributed by atoms with E-state index in [0.29, 0.717) is 11.3 Å². The standard InChI is InChI=1S/C28H23NO4/c1-27-18-8-4-6-10-20(18)28(2,21-11-7-5-9-19(21)27)23-22(27)24(30)29(25(23)31)17-14-12-16(13-15-17)26(32)33-3/h4-15,22-23H,1-3H3. The molecule has 0 N–H and O–H groups in total. The van der Waals surface area contributed by atoms with Gasteiger partial charge in [0.1, 0.15) is 0 Å². The monoisotopic (exact) mass is 437 g/mol. The predicted octanol–water partition coefficient (Wildman–Crippen LogP) is 4.22. The normalized spacial score (nSPS) is 28.9. The van der Waals surface area contributed by atoms with Crippen molar-refractivity contribution in [2.75, 3.05) is 12.0 Å². The zero-order valence-corrected chi connectivity index (χ0v) is 18.7. The second-order valence-electron chi connectivity index (χ2n) is 9.50. The molecule has 1 aliphatic heterocycles. The van der Waals surface area contributed by atoms with Gasteiger partial charge in [0.25, 0.3) is 0 Å². The SMILES string of the molecule is COC(=O)c1ccc(N2C(=O)C3C(C2=O)C2(C)c4ccccc4C3(C)c3ccccc32)cc1. The third-order valence-electron chi connectivity index (χ3n) is 8.19. The minimum absolute atomic E-state index is 0.187. The highest BCUT2D eigenvalue weighted by Crippen LogP contribution is 2.66. The van der Waals surface area contributed by atoms with Gasteiger partial charge in [0.05, 0.1) is 30.2 Å². The van der Waals surface area contributed by atoms with Gasteiger partial charge in [-0.05, 0) is 46.5 Å². The third kappa shape index (κ3) is 2.20. The summed E-state index contributed by atoms with van der Waals surface area (Å²) < 4.78 is 4.77. The Bertz CT molecular complexity index is 1230. The molecule has 2 unspecified atom stereocenters. The van der Waals surface area contributed by atoms with Gasteiger partial charge in [-0.25, -0.2) is 9.69 Å². The Balaban J connectivity index is 1.56. The molecule has 0 saturated carbocycles. The molecular weight excluding hydrogens is 414 g/mol. The number of methoxy groups -OCH3 is 1. The van der Waals surface area contributed by atoms with E-state index in [4.69, 9.17) is 4.74 Å². The zero-order valence-electron chi connectivity index (χ0n) is 18.7. The Kier molecular flexibility index (Phi) is 3.87. The average Bonchev–Trinajstić information content (AvgIpc) is 3.13. The van der Waals surface area contributed by atoms with Gasteiger partial charge < -0.3 is 4.74 Å². The highest BCUT2D eigenvalue weighted by Gasteiger charge is 2.70. The van der Waals surface area contributed by atoms with E-state index >= 15 is 0 Å². The first-order valence-corrected chi connectivity index (χ1v) is 11.1. The van der Waals surface area contributed by atoms with E-state index in [0.717, 1.165) is 22.3 Å². The minimum atomic E-state index is -0.608. The number of hydrogen-bond acceptors (Lipinski definition) is 4. The van der Waals surface area contributed by atoms with Gasteiger partial charge in [-0.1, -0.05) is 62.4 Å². The van der Waals surface area contributed by atoms with Crippen LogP contribution in [0.5, 0.6) is 0 Å². The quantitative estimate of drug-likeness (QED) is 0.445. The fourth-order valence-electron chi connectivity index (χ4n) is 6.69. The number of ether oxygens (including phenoxy) is 1. The van der Waals surface area contributed by atoms with Crippen molar-refractivity contribution in [2.45, 2.75) is 24.7 Å². The van der Waals surface area contributed by atoms with Gasteiger partial charge in [-0.2, -0.15) is 0 Å². The molecule has 1 fully saturated rings. The van der Waals surface area contributed by atoms with Crippen molar-refractivity contribution in [2.24, 2.45) is 11.8 Å². The molecule has 0 aromatic heterocycles. The first-order chi connectivity index (χ1) is 15.8. The van der Waals surface area contributed by atoms with Gasteiger partial charge >= 0.3 is 5.97 Å². The second-order valence-corrected chi connectivity index (χ2v) is 9.50. The molecule has 2 atom stereocenters. The molecule has 4 aliphatic rings. The van der Waals surface area contributed by atoms with Gasteiger partial charge in [0, 0.05) is 10.8 Å². The summed E-state index contributed by atoms with van der Waals surface area (Å²) >= 11 is 0. The van der Waals surface area contributed by atoms with E-state index in [1.807, 2.05) is 24.3 Å². The van der Waals surface area contributed by atoms with Gasteiger partial charge in [0.2, 0.25) is 11.8 Å². The summed E-state index contributed by atoms with van der Waals surface area (Å²) in [6.07, 6.45) is 0. The van der Waals surface area contributed by atoms with E-state index in [1.54, 1.807) is 24.3 Å². The van der Waals surface area contributed by atoms with Gasteiger partial charge in [-0.3, -0.25) is 9.59 Å².